The number of thioether (sulfide) groups is 1. The van der Waals surface area contributed by atoms with Crippen LogP contribution in [0.15, 0.2) is 41.4 Å². The zero-order valence-electron chi connectivity index (χ0n) is 11.0. The first-order valence-electron chi connectivity index (χ1n) is 6.37. The van der Waals surface area contributed by atoms with Crippen LogP contribution >= 0.6 is 11.8 Å². The number of aliphatic hydroxyl groups excluding tert-OH is 1. The van der Waals surface area contributed by atoms with E-state index in [2.05, 4.69) is 10.2 Å². The van der Waals surface area contributed by atoms with Crippen LogP contribution in [0.5, 0.6) is 0 Å². The minimum Gasteiger partial charge on any atom is -0.388 e. The Morgan fingerprint density at radius 1 is 1.35 bits per heavy atom. The van der Waals surface area contributed by atoms with Gasteiger partial charge in [-0.05, 0) is 12.3 Å². The summed E-state index contributed by atoms with van der Waals surface area (Å²) in [7, 11) is 0. The smallest absolute Gasteiger partial charge is 0.184 e. The Morgan fingerprint density at radius 3 is 2.85 bits per heavy atom. The second-order valence-electron chi connectivity index (χ2n) is 4.57. The predicted octanol–water partition coefficient (Wildman–Crippen LogP) is 2.28. The molecule has 1 fully saturated rings. The molecule has 1 aliphatic rings. The Kier molecular flexibility index (Phi) is 4.07. The van der Waals surface area contributed by atoms with Gasteiger partial charge in [0.1, 0.15) is 17.2 Å². The Hall–Kier alpha value is -1.34. The molecule has 2 N–H and O–H groups in total. The van der Waals surface area contributed by atoms with Crippen molar-refractivity contribution in [3.63, 3.8) is 0 Å². The van der Waals surface area contributed by atoms with Crippen molar-refractivity contribution in [1.82, 2.24) is 10.2 Å². The van der Waals surface area contributed by atoms with Crippen LogP contribution in [0.4, 0.5) is 0 Å². The fourth-order valence-corrected chi connectivity index (χ4v) is 2.55. The summed E-state index contributed by atoms with van der Waals surface area (Å²) in [5, 5.41) is 18.0. The molecule has 0 saturated carbocycles. The maximum Gasteiger partial charge on any atom is 0.184 e. The van der Waals surface area contributed by atoms with E-state index >= 15 is 0 Å². The lowest BCUT2D eigenvalue weighted by atomic mass is 10.1. The summed E-state index contributed by atoms with van der Waals surface area (Å²) in [6, 6.07) is 11.6. The average molecular weight is 292 g/mol. The number of aromatic nitrogens is 2. The van der Waals surface area contributed by atoms with Crippen molar-refractivity contribution in [1.29, 1.82) is 0 Å². The first kappa shape index (κ1) is 13.6. The molecule has 1 aromatic heterocycles. The van der Waals surface area contributed by atoms with Gasteiger partial charge in [0.05, 0.1) is 12.3 Å². The van der Waals surface area contributed by atoms with Crippen molar-refractivity contribution in [3.8, 4) is 0 Å². The second kappa shape index (κ2) is 5.97. The maximum absolute atomic E-state index is 10.1. The minimum absolute atomic E-state index is 0.234. The van der Waals surface area contributed by atoms with Gasteiger partial charge in [-0.2, -0.15) is 5.10 Å². The van der Waals surface area contributed by atoms with Gasteiger partial charge >= 0.3 is 0 Å². The maximum atomic E-state index is 10.1. The van der Waals surface area contributed by atoms with E-state index in [4.69, 9.17) is 9.47 Å². The standard InChI is InChI=1S/C14H16N2O3S/c1-20-12-7-10(15-16-12)13-11(17)8-18-14(19-13)9-5-3-2-4-6-9/h2-7,11,13-14,17H,8H2,1H3,(H,15,16)/t11-,13+,14-/m1/s1. The van der Waals surface area contributed by atoms with Crippen LogP contribution < -0.4 is 0 Å². The molecule has 2 heterocycles. The van der Waals surface area contributed by atoms with Gasteiger partial charge in [-0.15, -0.1) is 11.8 Å². The van der Waals surface area contributed by atoms with Crippen molar-refractivity contribution < 1.29 is 14.6 Å². The summed E-state index contributed by atoms with van der Waals surface area (Å²) in [6.07, 6.45) is 0.326. The van der Waals surface area contributed by atoms with Crippen LogP contribution in [0, 0.1) is 0 Å². The number of nitrogens with one attached hydrogen (secondary N) is 1. The predicted molar refractivity (Wildman–Crippen MR) is 75.3 cm³/mol. The fourth-order valence-electron chi connectivity index (χ4n) is 2.17. The number of aromatic amines is 1. The van der Waals surface area contributed by atoms with E-state index in [1.54, 1.807) is 11.8 Å². The van der Waals surface area contributed by atoms with Crippen LogP contribution in [0.1, 0.15) is 23.7 Å². The topological polar surface area (TPSA) is 67.4 Å². The third-order valence-corrected chi connectivity index (χ3v) is 3.83. The van der Waals surface area contributed by atoms with E-state index in [0.717, 1.165) is 16.3 Å². The average Bonchev–Trinajstić information content (AvgIpc) is 2.97. The monoisotopic (exact) mass is 292 g/mol. The molecule has 0 spiro atoms. The Labute approximate surface area is 121 Å². The van der Waals surface area contributed by atoms with Gasteiger partial charge in [0, 0.05) is 5.56 Å². The summed E-state index contributed by atoms with van der Waals surface area (Å²) >= 11 is 1.54. The number of nitrogens with zero attached hydrogens (tertiary/aromatic N) is 1. The van der Waals surface area contributed by atoms with Crippen LogP contribution in [0.25, 0.3) is 0 Å². The van der Waals surface area contributed by atoms with Crippen LogP contribution in [-0.4, -0.2) is 34.3 Å². The Morgan fingerprint density at radius 2 is 2.15 bits per heavy atom. The highest BCUT2D eigenvalue weighted by Gasteiger charge is 2.33. The van der Waals surface area contributed by atoms with Crippen molar-refractivity contribution in [2.24, 2.45) is 0 Å². The minimum atomic E-state index is -0.704. The molecule has 3 atom stereocenters. The van der Waals surface area contributed by atoms with E-state index in [9.17, 15) is 5.11 Å². The molecule has 20 heavy (non-hydrogen) atoms. The van der Waals surface area contributed by atoms with Gasteiger partial charge in [-0.25, -0.2) is 0 Å². The SMILES string of the molecule is CSc1cc([C@@H]2O[C@H](c3ccccc3)OC[C@H]2O)[nH]n1. The zero-order valence-corrected chi connectivity index (χ0v) is 11.8. The van der Waals surface area contributed by atoms with Crippen LogP contribution in [0.2, 0.25) is 0 Å². The fraction of sp³-hybridized carbons (Fsp3) is 0.357. The van der Waals surface area contributed by atoms with Gasteiger partial charge in [-0.3, -0.25) is 5.10 Å². The number of ether oxygens (including phenoxy) is 2. The highest BCUT2D eigenvalue weighted by Crippen LogP contribution is 2.34. The molecule has 6 heteroatoms. The molecule has 0 unspecified atom stereocenters. The number of aliphatic hydroxyl groups is 1. The molecule has 1 saturated heterocycles. The molecule has 1 aromatic carbocycles. The number of hydrogen-bond donors (Lipinski definition) is 2. The number of benzene rings is 1. The molecule has 3 rings (SSSR count). The molecule has 0 bridgehead atoms. The zero-order chi connectivity index (χ0) is 13.9. The van der Waals surface area contributed by atoms with E-state index in [1.807, 2.05) is 42.7 Å². The molecular weight excluding hydrogens is 276 g/mol. The molecule has 0 radical (unpaired) electrons. The number of rotatable bonds is 3. The van der Waals surface area contributed by atoms with Gasteiger partial charge in [0.25, 0.3) is 0 Å². The van der Waals surface area contributed by atoms with Gasteiger partial charge in [0.2, 0.25) is 0 Å². The molecule has 0 aliphatic carbocycles. The van der Waals surface area contributed by atoms with Crippen molar-refractivity contribution in [2.45, 2.75) is 23.5 Å². The molecule has 5 nitrogen and oxygen atoms in total. The van der Waals surface area contributed by atoms with Crippen molar-refractivity contribution >= 4 is 11.8 Å². The third-order valence-electron chi connectivity index (χ3n) is 3.20. The summed E-state index contributed by atoms with van der Waals surface area (Å²) in [5.74, 6) is 0. The summed E-state index contributed by atoms with van der Waals surface area (Å²) < 4.78 is 11.4. The van der Waals surface area contributed by atoms with Gasteiger partial charge < -0.3 is 14.6 Å². The number of H-pyrrole nitrogens is 1. The second-order valence-corrected chi connectivity index (χ2v) is 5.39. The van der Waals surface area contributed by atoms with Gasteiger partial charge in [0.15, 0.2) is 6.29 Å². The molecule has 2 aromatic rings. The first-order chi connectivity index (χ1) is 9.78. The van der Waals surface area contributed by atoms with Gasteiger partial charge in [-0.1, -0.05) is 30.3 Å². The summed E-state index contributed by atoms with van der Waals surface area (Å²) in [5.41, 5.74) is 1.71. The summed E-state index contributed by atoms with van der Waals surface area (Å²) in [4.78, 5) is 0. The highest BCUT2D eigenvalue weighted by molar-refractivity contribution is 7.98. The normalized spacial score (nSPS) is 26.6. The van der Waals surface area contributed by atoms with E-state index < -0.39 is 18.5 Å². The lowest BCUT2D eigenvalue weighted by molar-refractivity contribution is -0.260. The van der Waals surface area contributed by atoms with Crippen LogP contribution in [0.3, 0.4) is 0 Å². The summed E-state index contributed by atoms with van der Waals surface area (Å²) in [6.45, 7) is 0.234. The van der Waals surface area contributed by atoms with E-state index in [1.165, 1.54) is 0 Å². The van der Waals surface area contributed by atoms with Crippen molar-refractivity contribution in [2.75, 3.05) is 12.9 Å². The van der Waals surface area contributed by atoms with Crippen molar-refractivity contribution in [3.05, 3.63) is 47.7 Å². The molecule has 106 valence electrons. The van der Waals surface area contributed by atoms with E-state index in [-0.39, 0.29) is 6.61 Å². The molecule has 0 amide bonds. The van der Waals surface area contributed by atoms with E-state index in [0.29, 0.717) is 0 Å². The highest BCUT2D eigenvalue weighted by atomic mass is 32.2. The quantitative estimate of drug-likeness (QED) is 0.850. The Balaban J connectivity index is 1.80. The largest absolute Gasteiger partial charge is 0.388 e. The Bertz CT molecular complexity index is 561. The van der Waals surface area contributed by atoms with Crippen LogP contribution in [-0.2, 0) is 9.47 Å². The first-order valence-corrected chi connectivity index (χ1v) is 7.60. The lowest BCUT2D eigenvalue weighted by Crippen LogP contribution is -2.34. The molecule has 1 aliphatic heterocycles. The lowest BCUT2D eigenvalue weighted by Gasteiger charge is -2.33. The molecular formula is C14H16N2O3S. The number of hydrogen-bond acceptors (Lipinski definition) is 5. The third kappa shape index (κ3) is 2.73.